The molecule has 2 rings (SSSR count). The van der Waals surface area contributed by atoms with E-state index in [2.05, 4.69) is 29.6 Å². The number of hydrogen-bond acceptors (Lipinski definition) is 2. The van der Waals surface area contributed by atoms with Gasteiger partial charge in [0.1, 0.15) is 0 Å². The van der Waals surface area contributed by atoms with Gasteiger partial charge < -0.3 is 10.3 Å². The van der Waals surface area contributed by atoms with Crippen molar-refractivity contribution in [3.05, 3.63) is 18.2 Å². The van der Waals surface area contributed by atoms with Crippen LogP contribution in [-0.4, -0.2) is 16.1 Å². The molecule has 0 radical (unpaired) electrons. The Hall–Kier alpha value is -0.830. The molecule has 0 bridgehead atoms. The first-order valence-electron chi connectivity index (χ1n) is 6.45. The first-order chi connectivity index (χ1) is 7.72. The molecule has 0 spiro atoms. The Balaban J connectivity index is 2.11. The molecule has 1 aromatic rings. The Morgan fingerprint density at radius 3 is 2.69 bits per heavy atom. The average Bonchev–Trinajstić information content (AvgIpc) is 2.86. The van der Waals surface area contributed by atoms with E-state index >= 15 is 0 Å². The van der Waals surface area contributed by atoms with Gasteiger partial charge in [0, 0.05) is 24.7 Å². The summed E-state index contributed by atoms with van der Waals surface area (Å²) in [5.41, 5.74) is 6.99. The van der Waals surface area contributed by atoms with Crippen LogP contribution in [0.15, 0.2) is 12.5 Å². The number of nitrogens with zero attached hydrogens (tertiary/aromatic N) is 2. The van der Waals surface area contributed by atoms with E-state index in [9.17, 15) is 0 Å². The highest BCUT2D eigenvalue weighted by Gasteiger charge is 2.20. The third-order valence-electron chi connectivity index (χ3n) is 3.81. The molecule has 0 aromatic carbocycles. The summed E-state index contributed by atoms with van der Waals surface area (Å²) in [6.45, 7) is 5.12. The second kappa shape index (κ2) is 5.00. The van der Waals surface area contributed by atoms with Crippen molar-refractivity contribution < 1.29 is 0 Å². The molecule has 1 atom stereocenters. The molecule has 0 saturated heterocycles. The van der Waals surface area contributed by atoms with Crippen LogP contribution in [-0.2, 0) is 0 Å². The van der Waals surface area contributed by atoms with Gasteiger partial charge in [0.05, 0.1) is 12.0 Å². The zero-order valence-corrected chi connectivity index (χ0v) is 10.4. The van der Waals surface area contributed by atoms with Gasteiger partial charge in [-0.05, 0) is 18.8 Å². The predicted octanol–water partition coefficient (Wildman–Crippen LogP) is 2.70. The SMILES string of the molecule is CC(C)C(CN)c1cn(C2CCCC2)cn1. The Morgan fingerprint density at radius 2 is 2.12 bits per heavy atom. The first kappa shape index (κ1) is 11.6. The third kappa shape index (κ3) is 2.29. The summed E-state index contributed by atoms with van der Waals surface area (Å²) in [5.74, 6) is 0.972. The molecule has 1 aliphatic carbocycles. The Kier molecular flexibility index (Phi) is 3.64. The topological polar surface area (TPSA) is 43.8 Å². The Morgan fingerprint density at radius 1 is 1.44 bits per heavy atom. The third-order valence-corrected chi connectivity index (χ3v) is 3.81. The van der Waals surface area contributed by atoms with Crippen LogP contribution in [0, 0.1) is 5.92 Å². The van der Waals surface area contributed by atoms with Crippen molar-refractivity contribution in [3.63, 3.8) is 0 Å². The van der Waals surface area contributed by atoms with Gasteiger partial charge in [-0.2, -0.15) is 0 Å². The van der Waals surface area contributed by atoms with E-state index in [1.54, 1.807) is 0 Å². The summed E-state index contributed by atoms with van der Waals surface area (Å²) in [5, 5.41) is 0. The number of aromatic nitrogens is 2. The van der Waals surface area contributed by atoms with Crippen molar-refractivity contribution in [2.75, 3.05) is 6.54 Å². The normalized spacial score (nSPS) is 19.5. The van der Waals surface area contributed by atoms with Gasteiger partial charge in [-0.15, -0.1) is 0 Å². The van der Waals surface area contributed by atoms with Crippen LogP contribution >= 0.6 is 0 Å². The van der Waals surface area contributed by atoms with Gasteiger partial charge in [-0.3, -0.25) is 0 Å². The van der Waals surface area contributed by atoms with Crippen LogP contribution in [0.2, 0.25) is 0 Å². The zero-order chi connectivity index (χ0) is 11.5. The van der Waals surface area contributed by atoms with Gasteiger partial charge in [0.15, 0.2) is 0 Å². The smallest absolute Gasteiger partial charge is 0.0952 e. The second-order valence-corrected chi connectivity index (χ2v) is 5.27. The quantitative estimate of drug-likeness (QED) is 0.849. The molecule has 1 fully saturated rings. The number of rotatable bonds is 4. The summed E-state index contributed by atoms with van der Waals surface area (Å²) in [4.78, 5) is 4.54. The lowest BCUT2D eigenvalue weighted by Crippen LogP contribution is -2.18. The van der Waals surface area contributed by atoms with Gasteiger partial charge in [0.25, 0.3) is 0 Å². The van der Waals surface area contributed by atoms with Crippen molar-refractivity contribution in [2.45, 2.75) is 51.5 Å². The van der Waals surface area contributed by atoms with Crippen molar-refractivity contribution in [3.8, 4) is 0 Å². The maximum atomic E-state index is 5.82. The summed E-state index contributed by atoms with van der Waals surface area (Å²) in [6.07, 6.45) is 9.56. The molecule has 3 nitrogen and oxygen atoms in total. The molecule has 1 saturated carbocycles. The van der Waals surface area contributed by atoms with Crippen molar-refractivity contribution in [1.29, 1.82) is 0 Å². The minimum absolute atomic E-state index is 0.405. The minimum atomic E-state index is 0.405. The lowest BCUT2D eigenvalue weighted by atomic mass is 9.93. The second-order valence-electron chi connectivity index (χ2n) is 5.27. The highest BCUT2D eigenvalue weighted by atomic mass is 15.1. The lowest BCUT2D eigenvalue weighted by Gasteiger charge is -2.16. The summed E-state index contributed by atoms with van der Waals surface area (Å²) in [6, 6.07) is 0.687. The van der Waals surface area contributed by atoms with Gasteiger partial charge in [-0.1, -0.05) is 26.7 Å². The van der Waals surface area contributed by atoms with E-state index < -0.39 is 0 Å². The molecule has 1 heterocycles. The van der Waals surface area contributed by atoms with Crippen LogP contribution in [0.1, 0.15) is 57.2 Å². The fourth-order valence-electron chi connectivity index (χ4n) is 2.68. The number of nitrogens with two attached hydrogens (primary N) is 1. The van der Waals surface area contributed by atoms with Crippen LogP contribution < -0.4 is 5.73 Å². The van der Waals surface area contributed by atoms with E-state index in [0.29, 0.717) is 24.4 Å². The van der Waals surface area contributed by atoms with E-state index in [1.165, 1.54) is 31.4 Å². The molecule has 16 heavy (non-hydrogen) atoms. The first-order valence-corrected chi connectivity index (χ1v) is 6.45. The maximum absolute atomic E-state index is 5.82. The van der Waals surface area contributed by atoms with Crippen LogP contribution in [0.25, 0.3) is 0 Å². The molecule has 1 aromatic heterocycles. The van der Waals surface area contributed by atoms with E-state index in [-0.39, 0.29) is 0 Å². The highest BCUT2D eigenvalue weighted by Crippen LogP contribution is 2.30. The lowest BCUT2D eigenvalue weighted by molar-refractivity contribution is 0.491. The molecular weight excluding hydrogens is 198 g/mol. The number of imidazole rings is 1. The van der Waals surface area contributed by atoms with Crippen molar-refractivity contribution in [1.82, 2.24) is 9.55 Å². The molecule has 90 valence electrons. The molecule has 0 amide bonds. The fraction of sp³-hybridized carbons (Fsp3) is 0.769. The van der Waals surface area contributed by atoms with E-state index in [1.807, 2.05) is 6.33 Å². The minimum Gasteiger partial charge on any atom is -0.334 e. The van der Waals surface area contributed by atoms with Crippen LogP contribution in [0.4, 0.5) is 0 Å². The molecule has 1 aliphatic rings. The van der Waals surface area contributed by atoms with Crippen LogP contribution in [0.5, 0.6) is 0 Å². The predicted molar refractivity (Wildman–Crippen MR) is 66.4 cm³/mol. The molecule has 1 unspecified atom stereocenters. The molecule has 0 aliphatic heterocycles. The standard InChI is InChI=1S/C13H23N3/c1-10(2)12(7-14)13-8-16(9-15-13)11-5-3-4-6-11/h8-12H,3-7,14H2,1-2H3. The van der Waals surface area contributed by atoms with Crippen molar-refractivity contribution >= 4 is 0 Å². The highest BCUT2D eigenvalue weighted by molar-refractivity contribution is 5.07. The summed E-state index contributed by atoms with van der Waals surface area (Å²) >= 11 is 0. The summed E-state index contributed by atoms with van der Waals surface area (Å²) < 4.78 is 2.30. The zero-order valence-electron chi connectivity index (χ0n) is 10.4. The fourth-order valence-corrected chi connectivity index (χ4v) is 2.68. The Labute approximate surface area is 98.1 Å². The van der Waals surface area contributed by atoms with Gasteiger partial charge >= 0.3 is 0 Å². The van der Waals surface area contributed by atoms with Gasteiger partial charge in [-0.25, -0.2) is 4.98 Å². The Bertz CT molecular complexity index is 324. The monoisotopic (exact) mass is 221 g/mol. The average molecular weight is 221 g/mol. The van der Waals surface area contributed by atoms with E-state index in [4.69, 9.17) is 5.73 Å². The van der Waals surface area contributed by atoms with Crippen molar-refractivity contribution in [2.24, 2.45) is 11.7 Å². The van der Waals surface area contributed by atoms with Crippen LogP contribution in [0.3, 0.4) is 0 Å². The maximum Gasteiger partial charge on any atom is 0.0952 e. The largest absolute Gasteiger partial charge is 0.334 e. The molecule has 3 heteroatoms. The summed E-state index contributed by atoms with van der Waals surface area (Å²) in [7, 11) is 0. The van der Waals surface area contributed by atoms with Gasteiger partial charge in [0.2, 0.25) is 0 Å². The molecular formula is C13H23N3. The molecule has 2 N–H and O–H groups in total. The number of hydrogen-bond donors (Lipinski definition) is 1. The van der Waals surface area contributed by atoms with E-state index in [0.717, 1.165) is 0 Å².